The lowest BCUT2D eigenvalue weighted by Crippen LogP contribution is -2.35. The number of hydrogen-bond acceptors (Lipinski definition) is 5. The number of H-pyrrole nitrogens is 1. The third-order valence-corrected chi connectivity index (χ3v) is 5.77. The van der Waals surface area contributed by atoms with Crippen LogP contribution in [0.5, 0.6) is 0 Å². The van der Waals surface area contributed by atoms with Gasteiger partial charge in [-0.1, -0.05) is 29.8 Å². The fraction of sp³-hybridized carbons (Fsp3) is 0.320. The molecular formula is C25H25ClF3N3O5. The third kappa shape index (κ3) is 7.96. The molecule has 3 aromatic rings. The van der Waals surface area contributed by atoms with E-state index >= 15 is 0 Å². The number of hydrogen-bond donors (Lipinski definition) is 4. The highest BCUT2D eigenvalue weighted by Crippen LogP contribution is 2.26. The Balaban J connectivity index is 1.65. The number of fused-ring (bicyclic) bond motifs is 1. The van der Waals surface area contributed by atoms with Crippen LogP contribution in [0.2, 0.25) is 5.02 Å². The van der Waals surface area contributed by atoms with E-state index in [1.807, 2.05) is 6.92 Å². The maximum absolute atomic E-state index is 12.8. The number of aromatic nitrogens is 1. The van der Waals surface area contributed by atoms with Gasteiger partial charge in [-0.3, -0.25) is 9.59 Å². The van der Waals surface area contributed by atoms with Gasteiger partial charge in [-0.05, 0) is 48.7 Å². The summed E-state index contributed by atoms with van der Waals surface area (Å²) in [6, 6.07) is 10.9. The first-order valence-corrected chi connectivity index (χ1v) is 11.7. The van der Waals surface area contributed by atoms with E-state index in [-0.39, 0.29) is 25.6 Å². The number of halogens is 4. The van der Waals surface area contributed by atoms with Crippen LogP contribution in [0.1, 0.15) is 40.9 Å². The van der Waals surface area contributed by atoms with Crippen LogP contribution < -0.4 is 10.6 Å². The molecule has 0 spiro atoms. The fourth-order valence-electron chi connectivity index (χ4n) is 3.72. The highest BCUT2D eigenvalue weighted by Gasteiger charge is 2.42. The summed E-state index contributed by atoms with van der Waals surface area (Å²) in [5.74, 6) is -3.69. The van der Waals surface area contributed by atoms with Crippen LogP contribution in [0.4, 0.5) is 13.2 Å². The Kier molecular flexibility index (Phi) is 9.17. The van der Waals surface area contributed by atoms with Crippen LogP contribution in [0.3, 0.4) is 0 Å². The van der Waals surface area contributed by atoms with Crippen LogP contribution in [0.15, 0.2) is 48.7 Å². The SMILES string of the molecule is C[C@H](Cc1c[nH]c2cc(C(=O)NCCC(=O)O)ccc12)NC[C@H](OC(=O)C(F)(F)F)c1cccc(Cl)c1. The van der Waals surface area contributed by atoms with E-state index in [9.17, 15) is 27.6 Å². The number of rotatable bonds is 11. The Labute approximate surface area is 215 Å². The zero-order chi connectivity index (χ0) is 27.2. The van der Waals surface area contributed by atoms with Gasteiger partial charge in [-0.2, -0.15) is 13.2 Å². The van der Waals surface area contributed by atoms with Gasteiger partial charge >= 0.3 is 18.1 Å². The molecule has 0 bridgehead atoms. The maximum atomic E-state index is 12.8. The predicted molar refractivity (Wildman–Crippen MR) is 130 cm³/mol. The van der Waals surface area contributed by atoms with Gasteiger partial charge in [0.1, 0.15) is 6.10 Å². The Bertz CT molecular complexity index is 1280. The van der Waals surface area contributed by atoms with Crippen molar-refractivity contribution in [2.45, 2.75) is 38.1 Å². The molecule has 0 aliphatic rings. The van der Waals surface area contributed by atoms with Crippen molar-refractivity contribution in [2.24, 2.45) is 0 Å². The number of benzene rings is 2. The van der Waals surface area contributed by atoms with Gasteiger partial charge in [0.2, 0.25) is 0 Å². The van der Waals surface area contributed by atoms with Gasteiger partial charge in [0.05, 0.1) is 6.42 Å². The molecule has 0 aliphatic carbocycles. The minimum Gasteiger partial charge on any atom is -0.481 e. The van der Waals surface area contributed by atoms with E-state index in [2.05, 4.69) is 15.6 Å². The summed E-state index contributed by atoms with van der Waals surface area (Å²) in [6.45, 7) is 1.77. The largest absolute Gasteiger partial charge is 0.490 e. The number of esters is 1. The number of ether oxygens (including phenoxy) is 1. The van der Waals surface area contributed by atoms with Crippen molar-refractivity contribution in [3.63, 3.8) is 0 Å². The Morgan fingerprint density at radius 2 is 1.92 bits per heavy atom. The highest BCUT2D eigenvalue weighted by molar-refractivity contribution is 6.30. The molecule has 0 saturated carbocycles. The van der Waals surface area contributed by atoms with Gasteiger partial charge < -0.3 is 25.5 Å². The lowest BCUT2D eigenvalue weighted by molar-refractivity contribution is -0.205. The molecule has 37 heavy (non-hydrogen) atoms. The minimum atomic E-state index is -5.13. The second kappa shape index (κ2) is 12.1. The lowest BCUT2D eigenvalue weighted by atomic mass is 10.0. The average molecular weight is 540 g/mol. The minimum absolute atomic E-state index is 0.0137. The molecule has 1 heterocycles. The summed E-state index contributed by atoms with van der Waals surface area (Å²) in [4.78, 5) is 37.4. The number of carboxylic acid groups (broad SMARTS) is 1. The van der Waals surface area contributed by atoms with Crippen molar-refractivity contribution in [3.8, 4) is 0 Å². The molecule has 198 valence electrons. The number of aromatic amines is 1. The highest BCUT2D eigenvalue weighted by atomic mass is 35.5. The summed E-state index contributed by atoms with van der Waals surface area (Å²) < 4.78 is 43.1. The lowest BCUT2D eigenvalue weighted by Gasteiger charge is -2.22. The molecule has 2 aromatic carbocycles. The third-order valence-electron chi connectivity index (χ3n) is 5.53. The van der Waals surface area contributed by atoms with Crippen LogP contribution in [0.25, 0.3) is 10.9 Å². The molecule has 0 fully saturated rings. The van der Waals surface area contributed by atoms with Crippen molar-refractivity contribution in [3.05, 3.63) is 70.4 Å². The molecule has 0 radical (unpaired) electrons. The summed E-state index contributed by atoms with van der Waals surface area (Å²) in [5.41, 5.74) is 2.29. The van der Waals surface area contributed by atoms with Gasteiger partial charge in [-0.15, -0.1) is 0 Å². The first kappa shape index (κ1) is 28.0. The van der Waals surface area contributed by atoms with Crippen molar-refractivity contribution >= 4 is 40.3 Å². The molecule has 1 aromatic heterocycles. The summed E-state index contributed by atoms with van der Waals surface area (Å²) in [5, 5.41) is 15.5. The average Bonchev–Trinajstić information content (AvgIpc) is 3.22. The number of carboxylic acids is 1. The molecule has 0 unspecified atom stereocenters. The van der Waals surface area contributed by atoms with Gasteiger partial charge in [-0.25, -0.2) is 4.79 Å². The van der Waals surface area contributed by atoms with Gasteiger partial charge in [0.15, 0.2) is 0 Å². The van der Waals surface area contributed by atoms with E-state index in [1.165, 1.54) is 12.1 Å². The number of alkyl halides is 3. The fourth-order valence-corrected chi connectivity index (χ4v) is 3.92. The first-order valence-electron chi connectivity index (χ1n) is 11.3. The zero-order valence-corrected chi connectivity index (χ0v) is 20.4. The van der Waals surface area contributed by atoms with Crippen molar-refractivity contribution in [2.75, 3.05) is 13.1 Å². The second-order valence-corrected chi connectivity index (χ2v) is 8.87. The summed E-state index contributed by atoms with van der Waals surface area (Å²) in [6.07, 6.45) is -4.26. The Morgan fingerprint density at radius 3 is 2.59 bits per heavy atom. The molecular weight excluding hydrogens is 515 g/mol. The van der Waals surface area contributed by atoms with Gasteiger partial charge in [0, 0.05) is 46.8 Å². The number of nitrogens with one attached hydrogen (secondary N) is 3. The smallest absolute Gasteiger partial charge is 0.481 e. The van der Waals surface area contributed by atoms with E-state index in [0.717, 1.165) is 10.9 Å². The van der Waals surface area contributed by atoms with Crippen LogP contribution >= 0.6 is 11.6 Å². The van der Waals surface area contributed by atoms with Crippen molar-refractivity contribution in [1.82, 2.24) is 15.6 Å². The molecule has 12 heteroatoms. The summed E-state index contributed by atoms with van der Waals surface area (Å²) >= 11 is 5.96. The first-order chi connectivity index (χ1) is 17.4. The number of carbonyl (C=O) groups excluding carboxylic acids is 2. The molecule has 4 N–H and O–H groups in total. The van der Waals surface area contributed by atoms with Gasteiger partial charge in [0.25, 0.3) is 5.91 Å². The number of carbonyl (C=O) groups is 3. The summed E-state index contributed by atoms with van der Waals surface area (Å²) in [7, 11) is 0. The monoisotopic (exact) mass is 539 g/mol. The Morgan fingerprint density at radius 1 is 1.16 bits per heavy atom. The molecule has 0 aliphatic heterocycles. The zero-order valence-electron chi connectivity index (χ0n) is 19.7. The standard InChI is InChI=1S/C25H25ClF3N3O5/c1-14(31-13-21(37-24(36)25(27,28)29)15-3-2-4-18(26)10-15)9-17-12-32-20-11-16(5-6-19(17)20)23(35)30-8-7-22(33)34/h2-6,10-12,14,21,31-32H,7-9,13H2,1H3,(H,30,35)(H,33,34)/t14-,21+/m1/s1. The van der Waals surface area contributed by atoms with Crippen LogP contribution in [-0.4, -0.2) is 53.2 Å². The molecule has 1 amide bonds. The quantitative estimate of drug-likeness (QED) is 0.268. The van der Waals surface area contributed by atoms with E-state index in [1.54, 1.807) is 36.5 Å². The molecule has 0 saturated heterocycles. The second-order valence-electron chi connectivity index (χ2n) is 8.43. The van der Waals surface area contributed by atoms with Crippen molar-refractivity contribution in [1.29, 1.82) is 0 Å². The van der Waals surface area contributed by atoms with E-state index < -0.39 is 30.1 Å². The maximum Gasteiger partial charge on any atom is 0.490 e. The Hall–Kier alpha value is -3.57. The van der Waals surface area contributed by atoms with E-state index in [0.29, 0.717) is 28.1 Å². The molecule has 2 atom stereocenters. The van der Waals surface area contributed by atoms with Crippen molar-refractivity contribution < 1.29 is 37.4 Å². The number of amides is 1. The molecule has 8 nitrogen and oxygen atoms in total. The topological polar surface area (TPSA) is 121 Å². The number of aliphatic carboxylic acids is 1. The van der Waals surface area contributed by atoms with Crippen LogP contribution in [0, 0.1) is 0 Å². The molecule has 3 rings (SSSR count). The van der Waals surface area contributed by atoms with Crippen LogP contribution in [-0.2, 0) is 20.7 Å². The van der Waals surface area contributed by atoms with E-state index in [4.69, 9.17) is 21.4 Å². The normalized spacial score (nSPS) is 13.2. The predicted octanol–water partition coefficient (Wildman–Crippen LogP) is 4.39.